The molecule has 5 aliphatic rings. The van der Waals surface area contributed by atoms with E-state index in [1.807, 2.05) is 14.0 Å². The Morgan fingerprint density at radius 1 is 0.641 bits per heavy atom. The third kappa shape index (κ3) is 17.4. The molecule has 4 N–H and O–H groups in total. The van der Waals surface area contributed by atoms with Gasteiger partial charge in [-0.3, -0.25) is 24.9 Å². The third-order valence-electron chi connectivity index (χ3n) is 18.2. The first-order valence-corrected chi connectivity index (χ1v) is 31.4. The molecule has 0 radical (unpaired) electrons. The fourth-order valence-electron chi connectivity index (χ4n) is 15.7. The van der Waals surface area contributed by atoms with Crippen molar-refractivity contribution < 1.29 is 29.0 Å². The molecule has 0 aromatic carbocycles. The van der Waals surface area contributed by atoms with Gasteiger partial charge in [-0.1, -0.05) is 39.5 Å². The monoisotopic (exact) mass is 1100 g/mol. The zero-order valence-electron chi connectivity index (χ0n) is 54.0. The molecule has 16 nitrogen and oxygen atoms in total. The first-order valence-electron chi connectivity index (χ1n) is 31.4. The fraction of sp³-hybridized carbons (Fsp3) is 0.968. The van der Waals surface area contributed by atoms with Gasteiger partial charge >= 0.3 is 0 Å². The number of hydrogen-bond acceptors (Lipinski definition) is 12. The molecule has 0 aromatic heterocycles. The van der Waals surface area contributed by atoms with Gasteiger partial charge in [0.05, 0.1) is 50.8 Å². The highest BCUT2D eigenvalue weighted by Gasteiger charge is 2.56. The first-order chi connectivity index (χ1) is 36.3. The zero-order valence-corrected chi connectivity index (χ0v) is 54.0. The molecule has 0 aliphatic carbocycles. The van der Waals surface area contributed by atoms with E-state index in [-0.39, 0.29) is 63.1 Å². The van der Waals surface area contributed by atoms with Crippen molar-refractivity contribution in [3.05, 3.63) is 0 Å². The predicted molar refractivity (Wildman–Crippen MR) is 321 cm³/mol. The summed E-state index contributed by atoms with van der Waals surface area (Å²) in [6.07, 6.45) is 15.7. The smallest absolute Gasteiger partial charge is 0.221 e. The Bertz CT molecular complexity index is 1820. The molecular formula is C62H122N10O6. The fourth-order valence-corrected chi connectivity index (χ4v) is 15.7. The molecule has 0 spiro atoms. The Hall–Kier alpha value is -1.70. The van der Waals surface area contributed by atoms with Crippen LogP contribution in [-0.4, -0.2) is 200 Å². The van der Waals surface area contributed by atoms with Crippen LogP contribution in [0.3, 0.4) is 0 Å². The molecule has 4 unspecified atom stereocenters. The Morgan fingerprint density at radius 3 is 1.65 bits per heavy atom. The van der Waals surface area contributed by atoms with Crippen molar-refractivity contribution in [2.24, 2.45) is 4.99 Å². The Balaban J connectivity index is 1.17. The molecule has 5 fully saturated rings. The van der Waals surface area contributed by atoms with Gasteiger partial charge in [-0.15, -0.1) is 0 Å². The number of fused-ring (bicyclic) bond motifs is 1. The molecule has 5 aliphatic heterocycles. The zero-order chi connectivity index (χ0) is 58.1. The second-order valence-electron chi connectivity index (χ2n) is 29.1. The largest absolute Gasteiger partial charge is 0.389 e. The topological polar surface area (TPSA) is 146 Å². The van der Waals surface area contributed by atoms with Crippen LogP contribution in [0.15, 0.2) is 4.99 Å². The second kappa shape index (κ2) is 27.8. The quantitative estimate of drug-likeness (QED) is 0.0352. The van der Waals surface area contributed by atoms with Crippen LogP contribution in [-0.2, 0) is 23.9 Å². The minimum atomic E-state index is -0.565. The summed E-state index contributed by atoms with van der Waals surface area (Å²) in [7, 11) is 1.96. The van der Waals surface area contributed by atoms with Crippen molar-refractivity contribution in [3.8, 4) is 0 Å². The number of hydrogen-bond donors (Lipinski definition) is 4. The predicted octanol–water partition coefficient (Wildman–Crippen LogP) is 10.6. The van der Waals surface area contributed by atoms with Gasteiger partial charge < -0.3 is 39.8 Å². The summed E-state index contributed by atoms with van der Waals surface area (Å²) in [5.74, 6) is 1.15. The molecule has 0 bridgehead atoms. The number of unbranched alkanes of at least 4 members (excludes halogenated alkanes) is 5. The van der Waals surface area contributed by atoms with Crippen LogP contribution in [0.5, 0.6) is 0 Å². The Kier molecular flexibility index (Phi) is 23.9. The van der Waals surface area contributed by atoms with Crippen LogP contribution in [0.25, 0.3) is 0 Å². The highest BCUT2D eigenvalue weighted by molar-refractivity contribution is 5.93. The normalized spacial score (nSPS) is 28.1. The van der Waals surface area contributed by atoms with Crippen LogP contribution in [0.1, 0.15) is 234 Å². The Morgan fingerprint density at radius 2 is 1.15 bits per heavy atom. The van der Waals surface area contributed by atoms with Gasteiger partial charge in [-0.05, 0) is 195 Å². The van der Waals surface area contributed by atoms with E-state index in [1.54, 1.807) is 0 Å². The number of ether oxygens (including phenoxy) is 3. The van der Waals surface area contributed by atoms with E-state index in [1.165, 1.54) is 0 Å². The highest BCUT2D eigenvalue weighted by Crippen LogP contribution is 2.47. The molecule has 5 heterocycles. The maximum Gasteiger partial charge on any atom is 0.221 e. The molecular weight excluding hydrogens is 981 g/mol. The number of piperidine rings is 4. The summed E-state index contributed by atoms with van der Waals surface area (Å²) in [6, 6.07) is 0.498. The van der Waals surface area contributed by atoms with E-state index in [9.17, 15) is 10.5 Å². The lowest BCUT2D eigenvalue weighted by Crippen LogP contribution is -2.65. The van der Waals surface area contributed by atoms with E-state index < -0.39 is 11.8 Å². The van der Waals surface area contributed by atoms with Crippen molar-refractivity contribution in [1.29, 1.82) is 5.41 Å². The van der Waals surface area contributed by atoms with E-state index in [0.29, 0.717) is 45.0 Å². The number of aliphatic imine (C=N–C) groups is 1. The number of nitrogens with one attached hydrogen (secondary N) is 3. The number of nitrogens with zero attached hydrogens (tertiary/aromatic N) is 7. The molecule has 5 rings (SSSR count). The molecule has 5 saturated heterocycles. The lowest BCUT2D eigenvalue weighted by atomic mass is 9.76. The molecule has 0 aromatic rings. The van der Waals surface area contributed by atoms with Crippen molar-refractivity contribution in [2.45, 2.75) is 315 Å². The van der Waals surface area contributed by atoms with Gasteiger partial charge in [-0.2, -0.15) is 15.1 Å². The van der Waals surface area contributed by atoms with Crippen LogP contribution >= 0.6 is 0 Å². The van der Waals surface area contributed by atoms with E-state index in [4.69, 9.17) is 28.9 Å². The number of guanidine groups is 2. The number of rotatable bonds is 27. The molecule has 16 heteroatoms. The van der Waals surface area contributed by atoms with Gasteiger partial charge in [0.2, 0.25) is 11.9 Å². The van der Waals surface area contributed by atoms with E-state index in [2.05, 4.69) is 165 Å². The number of aliphatic hydroxyl groups excluding tert-OH is 1. The summed E-state index contributed by atoms with van der Waals surface area (Å²) in [5, 5.41) is 33.0. The number of hydroxylamine groups is 4. The SMILES string of the molecule is CCCCN(CCCC)/C(=N/C(=N)N(CCCCCCNC1CC(C)(C)N(CC(O)COC2CC(C)(C)N(OCC)C(C)(C)C2)C(C)(C)C1)C1CC(C)(C)N2CC(COC3CC(C)(C)N(OCC)C(C)(C)C3)OC2(C)C1)NC. The lowest BCUT2D eigenvalue weighted by molar-refractivity contribution is -0.293. The third-order valence-corrected chi connectivity index (χ3v) is 18.2. The highest BCUT2D eigenvalue weighted by atomic mass is 16.7. The summed E-state index contributed by atoms with van der Waals surface area (Å²) >= 11 is 0. The second-order valence-corrected chi connectivity index (χ2v) is 29.1. The summed E-state index contributed by atoms with van der Waals surface area (Å²) in [5.41, 5.74) is -1.41. The standard InChI is InChI=1S/C62H122N10O6/c1-21-25-32-67(33-26-22-2)54(64-20)66-53(63)68(48-37-57(9,10)70-44-52(78-62(70,19)38-48)46-75-51-41-60(15,16)72(77-24-4)61(17,18)42-51)34-30-28-27-29-31-65-47-35-55(5,6)69(56(7,8)36-47)43-49(73)45-74-50-39-58(11,12)71(76-23-3)59(13,14)40-50/h47-52,65,73H,21-46H2,1-20H3,(H2,63,64,66). The van der Waals surface area contributed by atoms with E-state index >= 15 is 0 Å². The van der Waals surface area contributed by atoms with Crippen molar-refractivity contribution >= 4 is 11.9 Å². The molecule has 78 heavy (non-hydrogen) atoms. The first kappa shape index (κ1) is 67.1. The van der Waals surface area contributed by atoms with Gasteiger partial charge in [0.25, 0.3) is 0 Å². The summed E-state index contributed by atoms with van der Waals surface area (Å²) < 4.78 is 20.4. The van der Waals surface area contributed by atoms with Gasteiger partial charge in [-0.25, -0.2) is 0 Å². The van der Waals surface area contributed by atoms with Crippen LogP contribution in [0.2, 0.25) is 0 Å². The molecule has 0 amide bonds. The molecule has 0 saturated carbocycles. The van der Waals surface area contributed by atoms with Crippen molar-refractivity contribution in [3.63, 3.8) is 0 Å². The minimum absolute atomic E-state index is 0.0329. The average Bonchev–Trinajstić information content (AvgIpc) is 3.73. The average molecular weight is 1100 g/mol. The summed E-state index contributed by atoms with van der Waals surface area (Å²) in [4.78, 5) is 27.2. The van der Waals surface area contributed by atoms with Crippen LogP contribution in [0.4, 0.5) is 0 Å². The van der Waals surface area contributed by atoms with Gasteiger partial charge in [0.1, 0.15) is 5.72 Å². The molecule has 4 atom stereocenters. The maximum absolute atomic E-state index is 11.5. The van der Waals surface area contributed by atoms with Crippen LogP contribution < -0.4 is 10.6 Å². The van der Waals surface area contributed by atoms with E-state index in [0.717, 1.165) is 141 Å². The molecule has 456 valence electrons. The van der Waals surface area contributed by atoms with Gasteiger partial charge in [0.15, 0.2) is 0 Å². The van der Waals surface area contributed by atoms with Crippen molar-refractivity contribution in [2.75, 3.05) is 72.7 Å². The van der Waals surface area contributed by atoms with Crippen LogP contribution in [0, 0.1) is 5.41 Å². The lowest BCUT2D eigenvalue weighted by Gasteiger charge is -2.56. The minimum Gasteiger partial charge on any atom is -0.389 e. The Labute approximate surface area is 477 Å². The number of aliphatic hydroxyl groups is 1. The number of likely N-dealkylation sites (tertiary alicyclic amines) is 1. The maximum atomic E-state index is 11.5. The van der Waals surface area contributed by atoms with Gasteiger partial charge in [0, 0.05) is 97.0 Å². The number of β-amino-alcohol motifs (C(OH)–C–C–N with tert-alkyl or cyclic N) is 1. The summed E-state index contributed by atoms with van der Waals surface area (Å²) in [6.45, 7) is 50.3. The van der Waals surface area contributed by atoms with Crippen molar-refractivity contribution in [1.82, 2.24) is 40.4 Å².